The molecule has 2 N–H and O–H groups in total. The van der Waals surface area contributed by atoms with Gasteiger partial charge in [0, 0.05) is 42.9 Å². The van der Waals surface area contributed by atoms with Crippen molar-refractivity contribution < 1.29 is 14.3 Å². The Morgan fingerprint density at radius 3 is 2.64 bits per heavy atom. The quantitative estimate of drug-likeness (QED) is 0.841. The first-order chi connectivity index (χ1) is 13.7. The number of nitrogens with one attached hydrogen (secondary N) is 2. The molecule has 2 aromatic rings. The van der Waals surface area contributed by atoms with E-state index in [0.717, 1.165) is 47.8 Å². The zero-order valence-electron chi connectivity index (χ0n) is 16.0. The molecule has 0 aliphatic carbocycles. The lowest BCUT2D eigenvalue weighted by Crippen LogP contribution is -2.38. The van der Waals surface area contributed by atoms with E-state index in [0.29, 0.717) is 38.8 Å². The smallest absolute Gasteiger partial charge is 0.319 e. The van der Waals surface area contributed by atoms with Crippen molar-refractivity contribution in [2.45, 2.75) is 20.0 Å². The number of ether oxygens (including phenoxy) is 2. The monoisotopic (exact) mass is 383 g/mol. The molecule has 1 aromatic heterocycles. The summed E-state index contributed by atoms with van der Waals surface area (Å²) in [6.07, 6.45) is 0.791. The molecule has 1 saturated heterocycles. The molecule has 148 valence electrons. The second kappa shape index (κ2) is 8.53. The van der Waals surface area contributed by atoms with Crippen LogP contribution in [0.3, 0.4) is 0 Å². The summed E-state index contributed by atoms with van der Waals surface area (Å²) >= 11 is 0. The fourth-order valence-electron chi connectivity index (χ4n) is 3.42. The summed E-state index contributed by atoms with van der Waals surface area (Å²) < 4.78 is 11.1. The predicted molar refractivity (Wildman–Crippen MR) is 107 cm³/mol. The number of amides is 2. The molecule has 1 fully saturated rings. The third kappa shape index (κ3) is 4.07. The second-order valence-corrected chi connectivity index (χ2v) is 6.76. The number of hydrogen-bond acceptors (Lipinski definition) is 6. The van der Waals surface area contributed by atoms with Gasteiger partial charge in [0.2, 0.25) is 0 Å². The Balaban J connectivity index is 1.63. The van der Waals surface area contributed by atoms with Crippen molar-refractivity contribution in [1.29, 1.82) is 0 Å². The van der Waals surface area contributed by atoms with Crippen LogP contribution in [0.15, 0.2) is 24.3 Å². The van der Waals surface area contributed by atoms with Gasteiger partial charge in [-0.2, -0.15) is 0 Å². The SMILES string of the molecule is CCNC(=O)Nc1ccc(-c2nc3c(c(N4CCOCC4)n2)COCC3)cc1. The molecule has 3 heterocycles. The van der Waals surface area contributed by atoms with Crippen molar-refractivity contribution in [1.82, 2.24) is 15.3 Å². The molecule has 0 unspecified atom stereocenters. The molecule has 28 heavy (non-hydrogen) atoms. The average molecular weight is 383 g/mol. The van der Waals surface area contributed by atoms with Gasteiger partial charge in [-0.3, -0.25) is 0 Å². The number of anilines is 2. The van der Waals surface area contributed by atoms with Gasteiger partial charge in [0.15, 0.2) is 5.82 Å². The minimum absolute atomic E-state index is 0.213. The summed E-state index contributed by atoms with van der Waals surface area (Å²) in [5, 5.41) is 5.52. The number of carbonyl (C=O) groups is 1. The molecular formula is C20H25N5O3. The van der Waals surface area contributed by atoms with Gasteiger partial charge >= 0.3 is 6.03 Å². The van der Waals surface area contributed by atoms with Crippen molar-refractivity contribution in [2.75, 3.05) is 49.7 Å². The van der Waals surface area contributed by atoms with Crippen molar-refractivity contribution in [3.8, 4) is 11.4 Å². The standard InChI is InChI=1S/C20H25N5O3/c1-2-21-20(26)22-15-5-3-14(4-6-15)18-23-17-7-10-28-13-16(17)19(24-18)25-8-11-27-12-9-25/h3-6H,2,7-13H2,1H3,(H2,21,22,26). The second-order valence-electron chi connectivity index (χ2n) is 6.76. The van der Waals surface area contributed by atoms with Gasteiger partial charge < -0.3 is 25.0 Å². The van der Waals surface area contributed by atoms with E-state index < -0.39 is 0 Å². The van der Waals surface area contributed by atoms with Gasteiger partial charge in [-0.1, -0.05) is 0 Å². The number of carbonyl (C=O) groups excluding carboxylic acids is 1. The third-order valence-electron chi connectivity index (χ3n) is 4.85. The van der Waals surface area contributed by atoms with Crippen LogP contribution in [0.25, 0.3) is 11.4 Å². The highest BCUT2D eigenvalue weighted by Crippen LogP contribution is 2.29. The molecule has 0 radical (unpaired) electrons. The van der Waals surface area contributed by atoms with Crippen LogP contribution in [0.4, 0.5) is 16.3 Å². The first-order valence-electron chi connectivity index (χ1n) is 9.70. The summed E-state index contributed by atoms with van der Waals surface area (Å²) in [5.74, 6) is 1.65. The highest BCUT2D eigenvalue weighted by atomic mass is 16.5. The highest BCUT2D eigenvalue weighted by Gasteiger charge is 2.24. The number of rotatable bonds is 4. The molecule has 2 aliphatic heterocycles. The Bertz CT molecular complexity index is 834. The Morgan fingerprint density at radius 1 is 1.11 bits per heavy atom. The molecule has 0 atom stereocenters. The normalized spacial score (nSPS) is 16.4. The lowest BCUT2D eigenvalue weighted by molar-refractivity contribution is 0.107. The van der Waals surface area contributed by atoms with Crippen LogP contribution < -0.4 is 15.5 Å². The van der Waals surface area contributed by atoms with Crippen LogP contribution in [-0.2, 0) is 22.5 Å². The largest absolute Gasteiger partial charge is 0.378 e. The number of aromatic nitrogens is 2. The summed E-state index contributed by atoms with van der Waals surface area (Å²) in [5.41, 5.74) is 3.80. The van der Waals surface area contributed by atoms with Crippen LogP contribution in [0.2, 0.25) is 0 Å². The fourth-order valence-corrected chi connectivity index (χ4v) is 3.42. The summed E-state index contributed by atoms with van der Waals surface area (Å²) in [7, 11) is 0. The molecule has 8 heteroatoms. The maximum Gasteiger partial charge on any atom is 0.319 e. The number of benzene rings is 1. The molecule has 4 rings (SSSR count). The average Bonchev–Trinajstić information content (AvgIpc) is 2.74. The van der Waals surface area contributed by atoms with Gasteiger partial charge in [-0.15, -0.1) is 0 Å². The van der Waals surface area contributed by atoms with E-state index in [-0.39, 0.29) is 6.03 Å². The van der Waals surface area contributed by atoms with Crippen LogP contribution >= 0.6 is 0 Å². The van der Waals surface area contributed by atoms with E-state index >= 15 is 0 Å². The lowest BCUT2D eigenvalue weighted by Gasteiger charge is -2.31. The van der Waals surface area contributed by atoms with E-state index in [2.05, 4.69) is 15.5 Å². The van der Waals surface area contributed by atoms with Gasteiger partial charge in [0.25, 0.3) is 0 Å². The first kappa shape index (κ1) is 18.6. The minimum Gasteiger partial charge on any atom is -0.378 e. The Kier molecular flexibility index (Phi) is 5.68. The van der Waals surface area contributed by atoms with E-state index in [1.165, 1.54) is 0 Å². The van der Waals surface area contributed by atoms with Crippen molar-refractivity contribution in [3.63, 3.8) is 0 Å². The maximum absolute atomic E-state index is 11.7. The number of nitrogens with zero attached hydrogens (tertiary/aromatic N) is 3. The molecule has 2 amide bonds. The highest BCUT2D eigenvalue weighted by molar-refractivity contribution is 5.89. The summed E-state index contributed by atoms with van der Waals surface area (Å²) in [4.78, 5) is 23.6. The van der Waals surface area contributed by atoms with Crippen LogP contribution in [0.5, 0.6) is 0 Å². The van der Waals surface area contributed by atoms with Gasteiger partial charge in [-0.05, 0) is 31.2 Å². The number of morpholine rings is 1. The third-order valence-corrected chi connectivity index (χ3v) is 4.85. The van der Waals surface area contributed by atoms with E-state index in [9.17, 15) is 4.79 Å². The van der Waals surface area contributed by atoms with Gasteiger partial charge in [-0.25, -0.2) is 14.8 Å². The zero-order valence-corrected chi connectivity index (χ0v) is 16.0. The van der Waals surface area contributed by atoms with Gasteiger partial charge in [0.1, 0.15) is 5.82 Å². The van der Waals surface area contributed by atoms with Crippen LogP contribution in [0, 0.1) is 0 Å². The Morgan fingerprint density at radius 2 is 1.89 bits per heavy atom. The predicted octanol–water partition coefficient (Wildman–Crippen LogP) is 2.19. The van der Waals surface area contributed by atoms with Crippen molar-refractivity contribution in [2.24, 2.45) is 0 Å². The van der Waals surface area contributed by atoms with E-state index in [4.69, 9.17) is 19.4 Å². The molecule has 0 spiro atoms. The fraction of sp³-hybridized carbons (Fsp3) is 0.450. The van der Waals surface area contributed by atoms with Crippen molar-refractivity contribution >= 4 is 17.5 Å². The molecule has 1 aromatic carbocycles. The lowest BCUT2D eigenvalue weighted by atomic mass is 10.1. The first-order valence-corrected chi connectivity index (χ1v) is 9.70. The minimum atomic E-state index is -0.213. The van der Waals surface area contributed by atoms with Crippen LogP contribution in [-0.4, -0.2) is 55.5 Å². The number of hydrogen-bond donors (Lipinski definition) is 2. The van der Waals surface area contributed by atoms with Crippen molar-refractivity contribution in [3.05, 3.63) is 35.5 Å². The van der Waals surface area contributed by atoms with Crippen LogP contribution in [0.1, 0.15) is 18.2 Å². The maximum atomic E-state index is 11.7. The zero-order chi connectivity index (χ0) is 19.3. The van der Waals surface area contributed by atoms with Gasteiger partial charge in [0.05, 0.1) is 32.1 Å². The molecule has 8 nitrogen and oxygen atoms in total. The molecular weight excluding hydrogens is 358 g/mol. The molecule has 0 saturated carbocycles. The Hall–Kier alpha value is -2.71. The molecule has 0 bridgehead atoms. The Labute approximate surface area is 164 Å². The number of urea groups is 1. The molecule has 2 aliphatic rings. The topological polar surface area (TPSA) is 88.6 Å². The number of fused-ring (bicyclic) bond motifs is 1. The summed E-state index contributed by atoms with van der Waals surface area (Å²) in [6, 6.07) is 7.39. The van der Waals surface area contributed by atoms with E-state index in [1.807, 2.05) is 31.2 Å². The summed E-state index contributed by atoms with van der Waals surface area (Å²) in [6.45, 7) is 6.74. The van der Waals surface area contributed by atoms with E-state index in [1.54, 1.807) is 0 Å².